The average Bonchev–Trinajstić information content (AvgIpc) is 3.29. The van der Waals surface area contributed by atoms with Gasteiger partial charge in [0.2, 0.25) is 0 Å². The topological polar surface area (TPSA) is 43.6 Å². The number of hydrogen-bond acceptors (Lipinski definition) is 3. The van der Waals surface area contributed by atoms with Gasteiger partial charge in [0.15, 0.2) is 5.60 Å². The standard InChI is InChI=1S/C34H31NO3.C2H6/c1-5-9-28-30(6-2)35(3)32-29-20-21-34(22-12-16-24(36)17-13-22,23-14-18-25(37-4)19-15-23)38-33(29)27-11-8-7-10-26(27)31(28)32;1-2/h6-21,36H,5H2,1-4H3;1-2H3/b28-9+,30-6+;. The third kappa shape index (κ3) is 4.15. The van der Waals surface area contributed by atoms with Crippen molar-refractivity contribution in [3.8, 4) is 17.2 Å². The molecular weight excluding hydrogens is 494 g/mol. The summed E-state index contributed by atoms with van der Waals surface area (Å²) in [5.74, 6) is 1.86. The predicted octanol–water partition coefficient (Wildman–Crippen LogP) is 7.41. The molecule has 5 aromatic rings. The van der Waals surface area contributed by atoms with Crippen LogP contribution in [0, 0.1) is 0 Å². The van der Waals surface area contributed by atoms with E-state index in [0.29, 0.717) is 0 Å². The van der Waals surface area contributed by atoms with Gasteiger partial charge in [-0.15, -0.1) is 0 Å². The molecule has 0 spiro atoms. The summed E-state index contributed by atoms with van der Waals surface area (Å²) in [6, 6.07) is 23.8. The van der Waals surface area contributed by atoms with Gasteiger partial charge < -0.3 is 19.1 Å². The summed E-state index contributed by atoms with van der Waals surface area (Å²) in [6.45, 7) is 8.28. The highest BCUT2D eigenvalue weighted by atomic mass is 16.5. The lowest BCUT2D eigenvalue weighted by Crippen LogP contribution is -2.34. The molecule has 0 aliphatic carbocycles. The van der Waals surface area contributed by atoms with Gasteiger partial charge >= 0.3 is 0 Å². The number of aromatic nitrogens is 1. The maximum Gasteiger partial charge on any atom is 0.178 e. The van der Waals surface area contributed by atoms with Crippen LogP contribution in [-0.4, -0.2) is 16.8 Å². The van der Waals surface area contributed by atoms with Crippen molar-refractivity contribution >= 4 is 39.9 Å². The summed E-state index contributed by atoms with van der Waals surface area (Å²) in [4.78, 5) is 0. The fourth-order valence-corrected chi connectivity index (χ4v) is 5.91. The fourth-order valence-electron chi connectivity index (χ4n) is 5.91. The van der Waals surface area contributed by atoms with Gasteiger partial charge in [-0.2, -0.15) is 0 Å². The first-order valence-electron chi connectivity index (χ1n) is 14.0. The van der Waals surface area contributed by atoms with Crippen molar-refractivity contribution in [2.75, 3.05) is 7.11 Å². The van der Waals surface area contributed by atoms with Crippen LogP contribution in [0.2, 0.25) is 0 Å². The highest BCUT2D eigenvalue weighted by Crippen LogP contribution is 2.47. The van der Waals surface area contributed by atoms with E-state index in [2.05, 4.69) is 74.0 Å². The highest BCUT2D eigenvalue weighted by molar-refractivity contribution is 6.14. The lowest BCUT2D eigenvalue weighted by molar-refractivity contribution is 0.163. The van der Waals surface area contributed by atoms with Crippen molar-refractivity contribution in [2.45, 2.75) is 39.7 Å². The van der Waals surface area contributed by atoms with Crippen LogP contribution in [0.4, 0.5) is 0 Å². The van der Waals surface area contributed by atoms with Crippen LogP contribution < -0.4 is 20.0 Å². The Labute approximate surface area is 236 Å². The minimum atomic E-state index is -0.882. The van der Waals surface area contributed by atoms with Crippen LogP contribution in [0.25, 0.3) is 39.9 Å². The van der Waals surface area contributed by atoms with Crippen molar-refractivity contribution < 1.29 is 14.6 Å². The van der Waals surface area contributed by atoms with E-state index in [1.165, 1.54) is 21.3 Å². The van der Waals surface area contributed by atoms with E-state index in [9.17, 15) is 5.11 Å². The number of methoxy groups -OCH3 is 1. The second-order valence-corrected chi connectivity index (χ2v) is 9.72. The zero-order valence-electron chi connectivity index (χ0n) is 24.2. The molecule has 0 saturated carbocycles. The smallest absolute Gasteiger partial charge is 0.178 e. The maximum absolute atomic E-state index is 10.0. The molecule has 204 valence electrons. The van der Waals surface area contributed by atoms with E-state index in [4.69, 9.17) is 9.47 Å². The van der Waals surface area contributed by atoms with E-state index in [1.807, 2.05) is 50.2 Å². The summed E-state index contributed by atoms with van der Waals surface area (Å²) in [5.41, 5.74) is 3.26. The number of rotatable bonds is 4. The number of aryl methyl sites for hydroxylation is 1. The van der Waals surface area contributed by atoms with E-state index < -0.39 is 5.60 Å². The fraction of sp³-hybridized carbons (Fsp3) is 0.222. The Hall–Kier alpha value is -4.44. The number of benzene rings is 4. The van der Waals surface area contributed by atoms with Gasteiger partial charge in [-0.05, 0) is 55.1 Å². The Morgan fingerprint density at radius 2 is 1.55 bits per heavy atom. The second-order valence-electron chi connectivity index (χ2n) is 9.72. The molecule has 1 N–H and O–H groups in total. The number of phenols is 1. The summed E-state index contributed by atoms with van der Waals surface area (Å²) in [6.07, 6.45) is 9.82. The van der Waals surface area contributed by atoms with Crippen LogP contribution in [-0.2, 0) is 12.6 Å². The molecule has 6 rings (SSSR count). The van der Waals surface area contributed by atoms with Gasteiger partial charge in [-0.25, -0.2) is 0 Å². The minimum absolute atomic E-state index is 0.220. The Morgan fingerprint density at radius 1 is 0.925 bits per heavy atom. The van der Waals surface area contributed by atoms with Crippen molar-refractivity contribution in [3.63, 3.8) is 0 Å². The first kappa shape index (κ1) is 27.1. The molecule has 0 fully saturated rings. The van der Waals surface area contributed by atoms with E-state index >= 15 is 0 Å². The number of phenolic OH excluding ortho intramolecular Hbond substituents is 1. The number of aromatic hydroxyl groups is 1. The van der Waals surface area contributed by atoms with Crippen LogP contribution in [0.5, 0.6) is 17.2 Å². The number of fused-ring (bicyclic) bond motifs is 6. The third-order valence-corrected chi connectivity index (χ3v) is 7.66. The number of hydrogen-bond donors (Lipinski definition) is 1. The van der Waals surface area contributed by atoms with Crippen LogP contribution in [0.15, 0.2) is 78.9 Å². The molecule has 1 aromatic heterocycles. The molecule has 0 saturated heterocycles. The van der Waals surface area contributed by atoms with Crippen molar-refractivity contribution in [1.29, 1.82) is 0 Å². The molecule has 1 aliphatic rings. The van der Waals surface area contributed by atoms with Crippen molar-refractivity contribution in [2.24, 2.45) is 7.05 Å². The van der Waals surface area contributed by atoms with Gasteiger partial charge in [-0.1, -0.05) is 81.5 Å². The molecule has 1 aliphatic heterocycles. The average molecular weight is 532 g/mol. The van der Waals surface area contributed by atoms with E-state index in [-0.39, 0.29) is 5.75 Å². The lowest BCUT2D eigenvalue weighted by atomic mass is 9.83. The maximum atomic E-state index is 10.0. The molecule has 1 unspecified atom stereocenters. The van der Waals surface area contributed by atoms with Gasteiger partial charge in [0.1, 0.15) is 17.2 Å². The Kier molecular flexibility index (Phi) is 7.44. The SMILES string of the molecule is C/C=c1\c(=C/CC)c2c3ccccc3c3c(c2n1C)C=CC(c1ccc(O)cc1)(c1ccc(OC)cc1)O3.CC. The second kappa shape index (κ2) is 11.0. The molecular formula is C36H37NO3. The van der Waals surface area contributed by atoms with Gasteiger partial charge in [0, 0.05) is 45.1 Å². The zero-order chi connectivity index (χ0) is 28.4. The summed E-state index contributed by atoms with van der Waals surface area (Å²) in [7, 11) is 3.81. The first-order chi connectivity index (χ1) is 19.5. The van der Waals surface area contributed by atoms with Crippen LogP contribution in [0.3, 0.4) is 0 Å². The highest BCUT2D eigenvalue weighted by Gasteiger charge is 2.38. The molecule has 4 aromatic carbocycles. The van der Waals surface area contributed by atoms with Gasteiger partial charge in [0.25, 0.3) is 0 Å². The first-order valence-corrected chi connectivity index (χ1v) is 14.0. The Balaban J connectivity index is 0.00000158. The summed E-state index contributed by atoms with van der Waals surface area (Å²) >= 11 is 0. The van der Waals surface area contributed by atoms with E-state index in [0.717, 1.165) is 45.5 Å². The predicted molar refractivity (Wildman–Crippen MR) is 167 cm³/mol. The molecule has 1 atom stereocenters. The Bertz CT molecular complexity index is 1830. The molecule has 4 heteroatoms. The zero-order valence-corrected chi connectivity index (χ0v) is 24.2. The molecule has 4 nitrogen and oxygen atoms in total. The lowest BCUT2D eigenvalue weighted by Gasteiger charge is -2.37. The largest absolute Gasteiger partial charge is 0.508 e. The summed E-state index contributed by atoms with van der Waals surface area (Å²) in [5, 5.41) is 16.0. The number of nitrogens with zero attached hydrogens (tertiary/aromatic N) is 1. The normalized spacial score (nSPS) is 16.9. The molecule has 2 heterocycles. The molecule has 0 bridgehead atoms. The van der Waals surface area contributed by atoms with E-state index in [1.54, 1.807) is 19.2 Å². The quantitative estimate of drug-likeness (QED) is 0.263. The van der Waals surface area contributed by atoms with Gasteiger partial charge in [-0.3, -0.25) is 0 Å². The number of ether oxygens (including phenoxy) is 2. The van der Waals surface area contributed by atoms with Crippen LogP contribution >= 0.6 is 0 Å². The van der Waals surface area contributed by atoms with Gasteiger partial charge in [0.05, 0.1) is 12.6 Å². The minimum Gasteiger partial charge on any atom is -0.508 e. The Morgan fingerprint density at radius 3 is 2.15 bits per heavy atom. The monoisotopic (exact) mass is 531 g/mol. The van der Waals surface area contributed by atoms with Crippen molar-refractivity contribution in [3.05, 3.63) is 106 Å². The molecule has 0 radical (unpaired) electrons. The molecule has 40 heavy (non-hydrogen) atoms. The van der Waals surface area contributed by atoms with Crippen molar-refractivity contribution in [1.82, 2.24) is 4.57 Å². The van der Waals surface area contributed by atoms with Crippen LogP contribution in [0.1, 0.15) is 50.8 Å². The summed E-state index contributed by atoms with van der Waals surface area (Å²) < 4.78 is 14.9. The molecule has 0 amide bonds. The third-order valence-electron chi connectivity index (χ3n) is 7.66.